The molecule has 0 aromatic carbocycles. The lowest BCUT2D eigenvalue weighted by molar-refractivity contribution is -0.129. The van der Waals surface area contributed by atoms with Gasteiger partial charge in [-0.2, -0.15) is 0 Å². The number of nitrogens with one attached hydrogen (secondary N) is 1. The lowest BCUT2D eigenvalue weighted by atomic mass is 10.1. The Labute approximate surface area is 99.0 Å². The van der Waals surface area contributed by atoms with Gasteiger partial charge in [0, 0.05) is 20.1 Å². The largest absolute Gasteiger partial charge is 0.344 e. The van der Waals surface area contributed by atoms with Crippen molar-refractivity contribution in [3.63, 3.8) is 0 Å². The van der Waals surface area contributed by atoms with E-state index in [-0.39, 0.29) is 5.91 Å². The van der Waals surface area contributed by atoms with Gasteiger partial charge in [-0.05, 0) is 38.9 Å². The van der Waals surface area contributed by atoms with E-state index in [1.165, 1.54) is 13.0 Å². The van der Waals surface area contributed by atoms with E-state index in [9.17, 15) is 4.79 Å². The second-order valence-electron chi connectivity index (χ2n) is 4.87. The molecular formula is C12H25N3O. The Kier molecular flexibility index (Phi) is 5.77. The van der Waals surface area contributed by atoms with Crippen LogP contribution >= 0.6 is 0 Å². The number of amides is 1. The number of carbonyl (C=O) groups excluding carboxylic acids is 1. The highest BCUT2D eigenvalue weighted by molar-refractivity contribution is 5.77. The van der Waals surface area contributed by atoms with Gasteiger partial charge in [-0.25, -0.2) is 0 Å². The van der Waals surface area contributed by atoms with E-state index >= 15 is 0 Å². The summed E-state index contributed by atoms with van der Waals surface area (Å²) >= 11 is 0. The first-order chi connectivity index (χ1) is 7.63. The molecule has 0 aromatic rings. The Morgan fingerprint density at radius 3 is 2.88 bits per heavy atom. The molecule has 0 aromatic heterocycles. The predicted molar refractivity (Wildman–Crippen MR) is 66.4 cm³/mol. The molecule has 16 heavy (non-hydrogen) atoms. The highest BCUT2D eigenvalue weighted by atomic mass is 16.2. The van der Waals surface area contributed by atoms with Gasteiger partial charge in [-0.3, -0.25) is 4.79 Å². The molecule has 0 saturated carbocycles. The van der Waals surface area contributed by atoms with Crippen LogP contribution in [0.15, 0.2) is 0 Å². The first-order valence-electron chi connectivity index (χ1n) is 6.26. The van der Waals surface area contributed by atoms with Crippen molar-refractivity contribution in [1.29, 1.82) is 0 Å². The average molecular weight is 227 g/mol. The monoisotopic (exact) mass is 227 g/mol. The fraction of sp³-hybridized carbons (Fsp3) is 0.917. The highest BCUT2D eigenvalue weighted by Gasteiger charge is 2.22. The molecule has 1 fully saturated rings. The molecule has 4 nitrogen and oxygen atoms in total. The van der Waals surface area contributed by atoms with Crippen molar-refractivity contribution in [2.75, 3.05) is 46.8 Å². The molecule has 94 valence electrons. The standard InChI is InChI=1S/C12H25N3O/c1-4-6-13-8-12(16)15(3)10-11-5-7-14(2)9-11/h11,13H,4-10H2,1-3H3. The summed E-state index contributed by atoms with van der Waals surface area (Å²) in [4.78, 5) is 15.9. The number of likely N-dealkylation sites (N-methyl/N-ethyl adjacent to an activating group) is 1. The molecule has 1 unspecified atom stereocenters. The SMILES string of the molecule is CCCNCC(=O)N(C)CC1CCN(C)C1. The summed E-state index contributed by atoms with van der Waals surface area (Å²) in [7, 11) is 4.05. The molecule has 1 saturated heterocycles. The summed E-state index contributed by atoms with van der Waals surface area (Å²) in [5.74, 6) is 0.869. The zero-order chi connectivity index (χ0) is 12.0. The highest BCUT2D eigenvalue weighted by Crippen LogP contribution is 2.14. The molecule has 0 bridgehead atoms. The molecule has 4 heteroatoms. The molecule has 1 rings (SSSR count). The van der Waals surface area contributed by atoms with E-state index in [1.807, 2.05) is 11.9 Å². The summed E-state index contributed by atoms with van der Waals surface area (Å²) in [6.45, 7) is 6.70. The zero-order valence-electron chi connectivity index (χ0n) is 10.8. The van der Waals surface area contributed by atoms with E-state index < -0.39 is 0 Å². The van der Waals surface area contributed by atoms with Gasteiger partial charge in [0.15, 0.2) is 0 Å². The van der Waals surface area contributed by atoms with Gasteiger partial charge in [-0.15, -0.1) is 0 Å². The van der Waals surface area contributed by atoms with Gasteiger partial charge in [0.05, 0.1) is 6.54 Å². The molecule has 1 atom stereocenters. The van der Waals surface area contributed by atoms with Gasteiger partial charge in [-0.1, -0.05) is 6.92 Å². The minimum absolute atomic E-state index is 0.211. The Balaban J connectivity index is 2.18. The number of hydrogen-bond acceptors (Lipinski definition) is 3. The third-order valence-corrected chi connectivity index (χ3v) is 3.15. The first-order valence-corrected chi connectivity index (χ1v) is 6.26. The topological polar surface area (TPSA) is 35.6 Å². The van der Waals surface area contributed by atoms with Crippen LogP contribution < -0.4 is 5.32 Å². The van der Waals surface area contributed by atoms with E-state index in [4.69, 9.17) is 0 Å². The fourth-order valence-corrected chi connectivity index (χ4v) is 2.17. The van der Waals surface area contributed by atoms with Crippen molar-refractivity contribution in [2.45, 2.75) is 19.8 Å². The number of carbonyl (C=O) groups is 1. The maximum absolute atomic E-state index is 11.7. The van der Waals surface area contributed by atoms with E-state index in [1.54, 1.807) is 0 Å². The van der Waals surface area contributed by atoms with Crippen molar-refractivity contribution < 1.29 is 4.79 Å². The smallest absolute Gasteiger partial charge is 0.236 e. The van der Waals surface area contributed by atoms with Crippen LogP contribution in [-0.2, 0) is 4.79 Å². The minimum Gasteiger partial charge on any atom is -0.344 e. The summed E-state index contributed by atoms with van der Waals surface area (Å²) in [5, 5.41) is 3.15. The van der Waals surface area contributed by atoms with Crippen LogP contribution in [0, 0.1) is 5.92 Å². The van der Waals surface area contributed by atoms with Gasteiger partial charge >= 0.3 is 0 Å². The number of hydrogen-bond donors (Lipinski definition) is 1. The maximum atomic E-state index is 11.7. The second kappa shape index (κ2) is 6.86. The van der Waals surface area contributed by atoms with Crippen molar-refractivity contribution >= 4 is 5.91 Å². The average Bonchev–Trinajstić information content (AvgIpc) is 2.64. The van der Waals surface area contributed by atoms with Crippen LogP contribution in [0.1, 0.15) is 19.8 Å². The van der Waals surface area contributed by atoms with Gasteiger partial charge in [0.1, 0.15) is 0 Å². The lowest BCUT2D eigenvalue weighted by Gasteiger charge is -2.21. The normalized spacial score (nSPS) is 21.3. The molecule has 1 aliphatic heterocycles. The van der Waals surface area contributed by atoms with E-state index in [0.29, 0.717) is 12.5 Å². The molecule has 1 aliphatic rings. The van der Waals surface area contributed by atoms with Crippen LogP contribution in [0.4, 0.5) is 0 Å². The van der Waals surface area contributed by atoms with Crippen molar-refractivity contribution in [1.82, 2.24) is 15.1 Å². The molecule has 0 aliphatic carbocycles. The summed E-state index contributed by atoms with van der Waals surface area (Å²) < 4.78 is 0. The van der Waals surface area contributed by atoms with Crippen molar-refractivity contribution in [2.24, 2.45) is 5.92 Å². The van der Waals surface area contributed by atoms with Crippen LogP contribution in [0.25, 0.3) is 0 Å². The minimum atomic E-state index is 0.211. The van der Waals surface area contributed by atoms with Crippen molar-refractivity contribution in [3.8, 4) is 0 Å². The van der Waals surface area contributed by atoms with Crippen LogP contribution in [0.3, 0.4) is 0 Å². The van der Waals surface area contributed by atoms with Gasteiger partial charge < -0.3 is 15.1 Å². The summed E-state index contributed by atoms with van der Waals surface area (Å²) in [6, 6.07) is 0. The first kappa shape index (κ1) is 13.5. The van der Waals surface area contributed by atoms with Gasteiger partial charge in [0.25, 0.3) is 0 Å². The fourth-order valence-electron chi connectivity index (χ4n) is 2.17. The van der Waals surface area contributed by atoms with Crippen LogP contribution in [0.5, 0.6) is 0 Å². The molecule has 0 spiro atoms. The third-order valence-electron chi connectivity index (χ3n) is 3.15. The second-order valence-corrected chi connectivity index (χ2v) is 4.87. The van der Waals surface area contributed by atoms with E-state index in [0.717, 1.165) is 26.1 Å². The van der Waals surface area contributed by atoms with E-state index in [2.05, 4.69) is 24.2 Å². The Hall–Kier alpha value is -0.610. The molecule has 1 amide bonds. The number of likely N-dealkylation sites (tertiary alicyclic amines) is 1. The van der Waals surface area contributed by atoms with Crippen LogP contribution in [0.2, 0.25) is 0 Å². The number of nitrogens with zero attached hydrogens (tertiary/aromatic N) is 2. The van der Waals surface area contributed by atoms with Crippen LogP contribution in [-0.4, -0.2) is 62.5 Å². The zero-order valence-corrected chi connectivity index (χ0v) is 10.8. The van der Waals surface area contributed by atoms with Crippen molar-refractivity contribution in [3.05, 3.63) is 0 Å². The quantitative estimate of drug-likeness (QED) is 0.667. The summed E-state index contributed by atoms with van der Waals surface area (Å²) in [6.07, 6.45) is 2.29. The Morgan fingerprint density at radius 1 is 1.56 bits per heavy atom. The lowest BCUT2D eigenvalue weighted by Crippen LogP contribution is -2.38. The summed E-state index contributed by atoms with van der Waals surface area (Å²) in [5.41, 5.74) is 0. The molecule has 1 N–H and O–H groups in total. The predicted octanol–water partition coefficient (Wildman–Crippen LogP) is 0.396. The number of rotatable bonds is 6. The molecule has 1 heterocycles. The molecular weight excluding hydrogens is 202 g/mol. The Morgan fingerprint density at radius 2 is 2.31 bits per heavy atom. The molecule has 0 radical (unpaired) electrons. The maximum Gasteiger partial charge on any atom is 0.236 e. The third kappa shape index (κ3) is 4.49. The van der Waals surface area contributed by atoms with Gasteiger partial charge in [0.2, 0.25) is 5.91 Å². The Bertz CT molecular complexity index is 220.